The number of fused-ring (bicyclic) bond motifs is 1. The highest BCUT2D eigenvalue weighted by molar-refractivity contribution is 7.92. The summed E-state index contributed by atoms with van der Waals surface area (Å²) in [6.45, 7) is 1.20. The van der Waals surface area contributed by atoms with Gasteiger partial charge in [0, 0.05) is 24.3 Å². The molecule has 0 unspecified atom stereocenters. The first kappa shape index (κ1) is 20.8. The molecule has 0 atom stereocenters. The van der Waals surface area contributed by atoms with Crippen LogP contribution in [0.25, 0.3) is 10.8 Å². The SMILES string of the molecule is NNCCCCNC(=O)c1cccc(NS(=O)(=O)c2ccc3ccccc3c2)c1. The van der Waals surface area contributed by atoms with E-state index in [1.165, 1.54) is 6.07 Å². The van der Waals surface area contributed by atoms with E-state index in [0.717, 1.165) is 23.6 Å². The van der Waals surface area contributed by atoms with Crippen molar-refractivity contribution < 1.29 is 13.2 Å². The molecule has 0 aromatic heterocycles. The van der Waals surface area contributed by atoms with Gasteiger partial charge in [0.05, 0.1) is 4.90 Å². The van der Waals surface area contributed by atoms with Gasteiger partial charge in [-0.3, -0.25) is 20.8 Å². The molecule has 0 fully saturated rings. The predicted octanol–water partition coefficient (Wildman–Crippen LogP) is 2.61. The molecular weight excluding hydrogens is 388 g/mol. The molecule has 5 N–H and O–H groups in total. The molecule has 3 rings (SSSR count). The van der Waals surface area contributed by atoms with Crippen molar-refractivity contribution in [1.82, 2.24) is 10.7 Å². The van der Waals surface area contributed by atoms with Gasteiger partial charge in [0.2, 0.25) is 0 Å². The zero-order valence-electron chi connectivity index (χ0n) is 15.9. The average molecular weight is 413 g/mol. The summed E-state index contributed by atoms with van der Waals surface area (Å²) in [6.07, 6.45) is 1.65. The summed E-state index contributed by atoms with van der Waals surface area (Å²) < 4.78 is 28.1. The van der Waals surface area contributed by atoms with Crippen LogP contribution in [0.1, 0.15) is 23.2 Å². The van der Waals surface area contributed by atoms with Crippen LogP contribution in [0.4, 0.5) is 5.69 Å². The third-order valence-electron chi connectivity index (χ3n) is 4.44. The molecular formula is C21H24N4O3S. The van der Waals surface area contributed by atoms with Crippen LogP contribution in [-0.2, 0) is 10.0 Å². The summed E-state index contributed by atoms with van der Waals surface area (Å²) >= 11 is 0. The van der Waals surface area contributed by atoms with E-state index in [0.29, 0.717) is 24.3 Å². The summed E-state index contributed by atoms with van der Waals surface area (Å²) in [7, 11) is -3.77. The summed E-state index contributed by atoms with van der Waals surface area (Å²) in [5, 5.41) is 4.62. The molecule has 0 aliphatic rings. The van der Waals surface area contributed by atoms with Crippen LogP contribution in [0, 0.1) is 0 Å². The van der Waals surface area contributed by atoms with Gasteiger partial charge in [0.25, 0.3) is 15.9 Å². The number of amides is 1. The van der Waals surface area contributed by atoms with Gasteiger partial charge in [-0.05, 0) is 53.9 Å². The van der Waals surface area contributed by atoms with E-state index in [4.69, 9.17) is 5.84 Å². The maximum Gasteiger partial charge on any atom is 0.261 e. The Balaban J connectivity index is 1.70. The molecule has 1 amide bonds. The molecule has 0 heterocycles. The first-order valence-corrected chi connectivity index (χ1v) is 10.8. The number of nitrogens with two attached hydrogens (primary N) is 1. The molecule has 0 aliphatic carbocycles. The molecule has 0 spiro atoms. The van der Waals surface area contributed by atoms with Crippen LogP contribution in [0.2, 0.25) is 0 Å². The van der Waals surface area contributed by atoms with Crippen LogP contribution in [0.5, 0.6) is 0 Å². The fourth-order valence-corrected chi connectivity index (χ4v) is 4.01. The lowest BCUT2D eigenvalue weighted by molar-refractivity contribution is 0.0953. The Kier molecular flexibility index (Phi) is 6.82. The van der Waals surface area contributed by atoms with E-state index in [1.54, 1.807) is 36.4 Å². The predicted molar refractivity (Wildman–Crippen MR) is 115 cm³/mol. The number of carbonyl (C=O) groups excluding carboxylic acids is 1. The second-order valence-electron chi connectivity index (χ2n) is 6.61. The number of rotatable bonds is 9. The number of hydrogen-bond acceptors (Lipinski definition) is 5. The van der Waals surface area contributed by atoms with Crippen molar-refractivity contribution >= 4 is 32.4 Å². The van der Waals surface area contributed by atoms with Gasteiger partial charge in [-0.25, -0.2) is 8.42 Å². The van der Waals surface area contributed by atoms with Crippen LogP contribution in [-0.4, -0.2) is 27.4 Å². The molecule has 0 saturated heterocycles. The Morgan fingerprint density at radius 1 is 0.862 bits per heavy atom. The minimum Gasteiger partial charge on any atom is -0.352 e. The van der Waals surface area contributed by atoms with Gasteiger partial charge in [0.15, 0.2) is 0 Å². The quantitative estimate of drug-likeness (QED) is 0.245. The first-order valence-electron chi connectivity index (χ1n) is 9.33. The largest absolute Gasteiger partial charge is 0.352 e. The molecule has 3 aromatic rings. The number of hydrazine groups is 1. The smallest absolute Gasteiger partial charge is 0.261 e. The number of hydrogen-bond donors (Lipinski definition) is 4. The molecule has 0 aliphatic heterocycles. The third-order valence-corrected chi connectivity index (χ3v) is 5.82. The van der Waals surface area contributed by atoms with Gasteiger partial charge in [-0.15, -0.1) is 0 Å². The van der Waals surface area contributed by atoms with Crippen LogP contribution >= 0.6 is 0 Å². The van der Waals surface area contributed by atoms with Crippen molar-refractivity contribution in [3.05, 3.63) is 72.3 Å². The second-order valence-corrected chi connectivity index (χ2v) is 8.29. The van der Waals surface area contributed by atoms with Crippen molar-refractivity contribution in [1.29, 1.82) is 0 Å². The fraction of sp³-hybridized carbons (Fsp3) is 0.190. The average Bonchev–Trinajstić information content (AvgIpc) is 2.73. The fourth-order valence-electron chi connectivity index (χ4n) is 2.93. The Bertz CT molecular complexity index is 1100. The highest BCUT2D eigenvalue weighted by atomic mass is 32.2. The monoisotopic (exact) mass is 412 g/mol. The van der Waals surface area contributed by atoms with Crippen LogP contribution < -0.4 is 21.3 Å². The number of anilines is 1. The minimum absolute atomic E-state index is 0.166. The normalized spacial score (nSPS) is 11.3. The van der Waals surface area contributed by atoms with E-state index in [9.17, 15) is 13.2 Å². The van der Waals surface area contributed by atoms with Crippen LogP contribution in [0.3, 0.4) is 0 Å². The van der Waals surface area contributed by atoms with E-state index in [1.807, 2.05) is 24.3 Å². The zero-order valence-corrected chi connectivity index (χ0v) is 16.7. The van der Waals surface area contributed by atoms with E-state index in [-0.39, 0.29) is 10.8 Å². The number of nitrogens with one attached hydrogen (secondary N) is 3. The van der Waals surface area contributed by atoms with Crippen LogP contribution in [0.15, 0.2) is 71.6 Å². The van der Waals surface area contributed by atoms with Gasteiger partial charge in [0.1, 0.15) is 0 Å². The van der Waals surface area contributed by atoms with E-state index >= 15 is 0 Å². The highest BCUT2D eigenvalue weighted by Crippen LogP contribution is 2.22. The second kappa shape index (κ2) is 9.51. The first-order chi connectivity index (χ1) is 14.0. The summed E-state index contributed by atoms with van der Waals surface area (Å²) in [6, 6.07) is 18.9. The lowest BCUT2D eigenvalue weighted by Gasteiger charge is -2.11. The number of benzene rings is 3. The zero-order chi connectivity index (χ0) is 20.7. The molecule has 29 heavy (non-hydrogen) atoms. The lowest BCUT2D eigenvalue weighted by Crippen LogP contribution is -2.27. The Morgan fingerprint density at radius 3 is 2.41 bits per heavy atom. The maximum atomic E-state index is 12.8. The Morgan fingerprint density at radius 2 is 1.62 bits per heavy atom. The number of sulfonamides is 1. The Labute approximate surface area is 170 Å². The molecule has 0 radical (unpaired) electrons. The minimum atomic E-state index is -3.77. The molecule has 3 aromatic carbocycles. The number of unbranched alkanes of at least 4 members (excludes halogenated alkanes) is 1. The van der Waals surface area contributed by atoms with Crippen molar-refractivity contribution in [2.24, 2.45) is 5.84 Å². The van der Waals surface area contributed by atoms with Gasteiger partial charge in [-0.1, -0.05) is 36.4 Å². The summed E-state index contributed by atoms with van der Waals surface area (Å²) in [5.41, 5.74) is 3.28. The highest BCUT2D eigenvalue weighted by Gasteiger charge is 2.15. The van der Waals surface area contributed by atoms with E-state index < -0.39 is 10.0 Å². The standard InChI is InChI=1S/C21H24N4O3S/c22-24-13-4-3-12-23-21(26)18-8-5-9-19(14-18)25-29(27,28)20-11-10-16-6-1-2-7-17(16)15-20/h1-2,5-11,14-15,24-25H,3-4,12-13,22H2,(H,23,26). The molecule has 0 saturated carbocycles. The molecule has 152 valence electrons. The molecule has 8 heteroatoms. The molecule has 7 nitrogen and oxygen atoms in total. The van der Waals surface area contributed by atoms with E-state index in [2.05, 4.69) is 15.5 Å². The van der Waals surface area contributed by atoms with Gasteiger partial charge < -0.3 is 5.32 Å². The third kappa shape index (κ3) is 5.54. The molecule has 0 bridgehead atoms. The maximum absolute atomic E-state index is 12.8. The van der Waals surface area contributed by atoms with Crippen molar-refractivity contribution in [2.45, 2.75) is 17.7 Å². The Hall–Kier alpha value is -2.94. The summed E-state index contributed by atoms with van der Waals surface area (Å²) in [4.78, 5) is 12.4. The van der Waals surface area contributed by atoms with Crippen molar-refractivity contribution in [3.63, 3.8) is 0 Å². The van der Waals surface area contributed by atoms with Crippen molar-refractivity contribution in [3.8, 4) is 0 Å². The van der Waals surface area contributed by atoms with Gasteiger partial charge in [-0.2, -0.15) is 0 Å². The lowest BCUT2D eigenvalue weighted by atomic mass is 10.1. The topological polar surface area (TPSA) is 113 Å². The summed E-state index contributed by atoms with van der Waals surface area (Å²) in [5.74, 6) is 4.95. The number of carbonyl (C=O) groups is 1. The van der Waals surface area contributed by atoms with Gasteiger partial charge >= 0.3 is 0 Å². The van der Waals surface area contributed by atoms with Crippen molar-refractivity contribution in [2.75, 3.05) is 17.8 Å².